The molecule has 0 saturated heterocycles. The number of hydrogen-bond donors (Lipinski definition) is 1. The fraction of sp³-hybridized carbons (Fsp3) is 0. The van der Waals surface area contributed by atoms with Crippen LogP contribution >= 0.6 is 0 Å². The lowest BCUT2D eigenvalue weighted by molar-refractivity contribution is -0.384. The third-order valence-electron chi connectivity index (χ3n) is 3.20. The quantitative estimate of drug-likeness (QED) is 0.447. The Morgan fingerprint density at radius 1 is 1.10 bits per heavy atom. The average Bonchev–Trinajstić information content (AvgIpc) is 2.85. The molecule has 0 fully saturated rings. The van der Waals surface area contributed by atoms with Crippen LogP contribution in [0.3, 0.4) is 0 Å². The van der Waals surface area contributed by atoms with E-state index in [4.69, 9.17) is 0 Å². The number of carbonyl (C=O) groups excluding carboxylic acids is 1. The predicted molar refractivity (Wildman–Crippen MR) is 75.8 cm³/mol. The van der Waals surface area contributed by atoms with Gasteiger partial charge in [-0.05, 0) is 11.6 Å². The number of fused-ring (bicyclic) bond motifs is 1. The first-order valence-electron chi connectivity index (χ1n) is 6.01. The van der Waals surface area contributed by atoms with Crippen molar-refractivity contribution in [2.45, 2.75) is 0 Å². The highest BCUT2D eigenvalue weighted by molar-refractivity contribution is 6.04. The summed E-state index contributed by atoms with van der Waals surface area (Å²) in [4.78, 5) is 24.5. The van der Waals surface area contributed by atoms with E-state index < -0.39 is 4.92 Å². The smallest absolute Gasteiger partial charge is 0.271 e. The summed E-state index contributed by atoms with van der Waals surface area (Å²) < 4.78 is 0. The normalized spacial score (nSPS) is 10.6. The van der Waals surface area contributed by atoms with Gasteiger partial charge in [0.05, 0.1) is 16.1 Å². The van der Waals surface area contributed by atoms with E-state index in [-0.39, 0.29) is 5.69 Å². The first kappa shape index (κ1) is 12.1. The zero-order valence-electron chi connectivity index (χ0n) is 10.4. The molecule has 98 valence electrons. The summed E-state index contributed by atoms with van der Waals surface area (Å²) >= 11 is 0. The van der Waals surface area contributed by atoms with Gasteiger partial charge in [0.25, 0.3) is 5.69 Å². The molecule has 1 heterocycles. The molecule has 5 heteroatoms. The zero-order chi connectivity index (χ0) is 14.1. The summed E-state index contributed by atoms with van der Waals surface area (Å²) in [7, 11) is 0. The number of non-ortho nitro benzene ring substituents is 1. The molecule has 2 aromatic carbocycles. The van der Waals surface area contributed by atoms with Gasteiger partial charge < -0.3 is 4.98 Å². The van der Waals surface area contributed by atoms with E-state index in [0.29, 0.717) is 11.2 Å². The van der Waals surface area contributed by atoms with Crippen molar-refractivity contribution in [1.82, 2.24) is 4.98 Å². The van der Waals surface area contributed by atoms with Gasteiger partial charge in [-0.25, -0.2) is 0 Å². The van der Waals surface area contributed by atoms with E-state index in [9.17, 15) is 14.9 Å². The minimum absolute atomic E-state index is 0.00388. The Morgan fingerprint density at radius 2 is 1.85 bits per heavy atom. The van der Waals surface area contributed by atoms with Crippen molar-refractivity contribution >= 4 is 22.9 Å². The molecule has 1 aromatic heterocycles. The van der Waals surface area contributed by atoms with Crippen LogP contribution in [0.15, 0.2) is 48.5 Å². The van der Waals surface area contributed by atoms with Crippen LogP contribution in [0, 0.1) is 10.1 Å². The summed E-state index contributed by atoms with van der Waals surface area (Å²) in [6.07, 6.45) is 0.730. The number of hydrogen-bond acceptors (Lipinski definition) is 3. The molecule has 0 aliphatic heterocycles. The van der Waals surface area contributed by atoms with Crippen molar-refractivity contribution < 1.29 is 9.72 Å². The van der Waals surface area contributed by atoms with Gasteiger partial charge in [0.15, 0.2) is 6.29 Å². The summed E-state index contributed by atoms with van der Waals surface area (Å²) in [6, 6.07) is 14.0. The minimum atomic E-state index is -0.455. The molecule has 0 unspecified atom stereocenters. The van der Waals surface area contributed by atoms with Crippen LogP contribution in [-0.4, -0.2) is 16.2 Å². The molecule has 0 spiro atoms. The number of nitrogens with one attached hydrogen (secondary N) is 1. The SMILES string of the molecule is O=Cc1[nH]c2cc([N+](=O)[O-])ccc2c1-c1ccccc1. The molecule has 20 heavy (non-hydrogen) atoms. The number of aromatic amines is 1. The van der Waals surface area contributed by atoms with Crippen LogP contribution in [-0.2, 0) is 0 Å². The van der Waals surface area contributed by atoms with E-state index in [1.807, 2.05) is 30.3 Å². The number of nitrogens with zero attached hydrogens (tertiary/aromatic N) is 1. The van der Waals surface area contributed by atoms with E-state index in [1.54, 1.807) is 6.07 Å². The predicted octanol–water partition coefficient (Wildman–Crippen LogP) is 3.56. The summed E-state index contributed by atoms with van der Waals surface area (Å²) in [5.74, 6) is 0. The topological polar surface area (TPSA) is 76.0 Å². The first-order valence-corrected chi connectivity index (χ1v) is 6.01. The second kappa shape index (κ2) is 4.62. The lowest BCUT2D eigenvalue weighted by Crippen LogP contribution is -1.86. The Balaban J connectivity index is 2.31. The molecule has 0 bridgehead atoms. The van der Waals surface area contributed by atoms with Crippen LogP contribution in [0.2, 0.25) is 0 Å². The molecule has 0 amide bonds. The maximum absolute atomic E-state index is 11.2. The van der Waals surface area contributed by atoms with Gasteiger partial charge in [-0.3, -0.25) is 14.9 Å². The maximum atomic E-state index is 11.2. The fourth-order valence-corrected chi connectivity index (χ4v) is 2.32. The van der Waals surface area contributed by atoms with Crippen molar-refractivity contribution in [1.29, 1.82) is 0 Å². The second-order valence-electron chi connectivity index (χ2n) is 4.38. The molecule has 3 aromatic rings. The lowest BCUT2D eigenvalue weighted by Gasteiger charge is -2.00. The third kappa shape index (κ3) is 1.85. The van der Waals surface area contributed by atoms with Gasteiger partial charge in [0, 0.05) is 23.1 Å². The van der Waals surface area contributed by atoms with E-state index in [0.717, 1.165) is 22.8 Å². The van der Waals surface area contributed by atoms with Crippen molar-refractivity contribution in [3.8, 4) is 11.1 Å². The largest absolute Gasteiger partial charge is 0.352 e. The van der Waals surface area contributed by atoms with Crippen LogP contribution in [0.1, 0.15) is 10.5 Å². The summed E-state index contributed by atoms with van der Waals surface area (Å²) in [6.45, 7) is 0. The van der Waals surface area contributed by atoms with Crippen LogP contribution in [0.25, 0.3) is 22.0 Å². The maximum Gasteiger partial charge on any atom is 0.271 e. The number of nitro benzene ring substituents is 1. The molecule has 3 rings (SSSR count). The standard InChI is InChI=1S/C15H10N2O3/c18-9-14-15(10-4-2-1-3-5-10)12-7-6-11(17(19)20)8-13(12)16-14/h1-9,16H. The number of H-pyrrole nitrogens is 1. The Labute approximate surface area is 114 Å². The van der Waals surface area contributed by atoms with Gasteiger partial charge in [0.1, 0.15) is 0 Å². The minimum Gasteiger partial charge on any atom is -0.352 e. The van der Waals surface area contributed by atoms with Crippen molar-refractivity contribution in [2.24, 2.45) is 0 Å². The van der Waals surface area contributed by atoms with Gasteiger partial charge in [-0.15, -0.1) is 0 Å². The molecule has 1 N–H and O–H groups in total. The number of rotatable bonds is 3. The molecule has 0 aliphatic rings. The highest BCUT2D eigenvalue weighted by Crippen LogP contribution is 2.33. The Kier molecular flexibility index (Phi) is 2.80. The zero-order valence-corrected chi connectivity index (χ0v) is 10.4. The Bertz CT molecular complexity index is 807. The van der Waals surface area contributed by atoms with Gasteiger partial charge >= 0.3 is 0 Å². The van der Waals surface area contributed by atoms with Crippen LogP contribution < -0.4 is 0 Å². The van der Waals surface area contributed by atoms with Crippen LogP contribution in [0.4, 0.5) is 5.69 Å². The van der Waals surface area contributed by atoms with E-state index in [1.165, 1.54) is 12.1 Å². The first-order chi connectivity index (χ1) is 9.70. The third-order valence-corrected chi connectivity index (χ3v) is 3.20. The lowest BCUT2D eigenvalue weighted by atomic mass is 10.0. The molecule has 0 saturated carbocycles. The number of aldehydes is 1. The number of aromatic nitrogens is 1. The Hall–Kier alpha value is -2.95. The summed E-state index contributed by atoms with van der Waals surface area (Å²) in [5.41, 5.74) is 2.67. The number of nitro groups is 1. The molecular formula is C15H10N2O3. The molecule has 5 nitrogen and oxygen atoms in total. The number of benzene rings is 2. The van der Waals surface area contributed by atoms with Crippen molar-refractivity contribution in [3.05, 3.63) is 64.3 Å². The number of carbonyl (C=O) groups is 1. The highest BCUT2D eigenvalue weighted by atomic mass is 16.6. The molecule has 0 radical (unpaired) electrons. The highest BCUT2D eigenvalue weighted by Gasteiger charge is 2.15. The second-order valence-corrected chi connectivity index (χ2v) is 4.38. The average molecular weight is 266 g/mol. The van der Waals surface area contributed by atoms with E-state index in [2.05, 4.69) is 4.98 Å². The summed E-state index contributed by atoms with van der Waals surface area (Å²) in [5, 5.41) is 11.6. The van der Waals surface area contributed by atoms with Gasteiger partial charge in [-0.2, -0.15) is 0 Å². The van der Waals surface area contributed by atoms with Crippen LogP contribution in [0.5, 0.6) is 0 Å². The fourth-order valence-electron chi connectivity index (χ4n) is 2.32. The van der Waals surface area contributed by atoms with E-state index >= 15 is 0 Å². The Morgan fingerprint density at radius 3 is 2.50 bits per heavy atom. The molecule has 0 aliphatic carbocycles. The van der Waals surface area contributed by atoms with Gasteiger partial charge in [0.2, 0.25) is 0 Å². The van der Waals surface area contributed by atoms with Gasteiger partial charge in [-0.1, -0.05) is 30.3 Å². The van der Waals surface area contributed by atoms with Crippen molar-refractivity contribution in [2.75, 3.05) is 0 Å². The van der Waals surface area contributed by atoms with Crippen molar-refractivity contribution in [3.63, 3.8) is 0 Å². The monoisotopic (exact) mass is 266 g/mol. The molecular weight excluding hydrogens is 256 g/mol. The molecule has 0 atom stereocenters.